The van der Waals surface area contributed by atoms with Gasteiger partial charge in [0.2, 0.25) is 5.91 Å². The van der Waals surface area contributed by atoms with E-state index in [1.54, 1.807) is 6.07 Å². The molecule has 0 spiro atoms. The molecule has 0 aliphatic heterocycles. The van der Waals surface area contributed by atoms with E-state index in [9.17, 15) is 4.79 Å². The SMILES string of the molecule is O=C(Cc1ccccc1Cl)NCc1nnc2cc(-c3nc(C4CC4)no3)ccn12. The molecule has 1 aliphatic carbocycles. The highest BCUT2D eigenvalue weighted by Gasteiger charge is 2.29. The third-order valence-electron chi connectivity index (χ3n) is 4.86. The van der Waals surface area contributed by atoms with Crippen LogP contribution < -0.4 is 5.32 Å². The van der Waals surface area contributed by atoms with Gasteiger partial charge < -0.3 is 9.84 Å². The molecule has 5 rings (SSSR count). The Labute approximate surface area is 170 Å². The van der Waals surface area contributed by atoms with Crippen molar-refractivity contribution >= 4 is 23.2 Å². The maximum atomic E-state index is 12.2. The summed E-state index contributed by atoms with van der Waals surface area (Å²) in [5.41, 5.74) is 2.22. The van der Waals surface area contributed by atoms with Gasteiger partial charge in [0.1, 0.15) is 0 Å². The minimum atomic E-state index is -0.134. The first-order chi connectivity index (χ1) is 14.2. The zero-order valence-corrected chi connectivity index (χ0v) is 16.1. The number of nitrogens with one attached hydrogen (secondary N) is 1. The van der Waals surface area contributed by atoms with Crippen LogP contribution in [0.25, 0.3) is 17.1 Å². The van der Waals surface area contributed by atoms with Crippen molar-refractivity contribution < 1.29 is 9.32 Å². The van der Waals surface area contributed by atoms with Crippen LogP contribution in [0.4, 0.5) is 0 Å². The lowest BCUT2D eigenvalue weighted by Crippen LogP contribution is -2.25. The Balaban J connectivity index is 1.28. The van der Waals surface area contributed by atoms with Gasteiger partial charge in [-0.1, -0.05) is 35.0 Å². The van der Waals surface area contributed by atoms with Crippen LogP contribution >= 0.6 is 11.6 Å². The van der Waals surface area contributed by atoms with Gasteiger partial charge in [-0.2, -0.15) is 4.98 Å². The Morgan fingerprint density at radius 3 is 2.93 bits per heavy atom. The van der Waals surface area contributed by atoms with Crippen LogP contribution in [-0.4, -0.2) is 30.6 Å². The van der Waals surface area contributed by atoms with E-state index in [1.165, 1.54) is 0 Å². The minimum absolute atomic E-state index is 0.134. The summed E-state index contributed by atoms with van der Waals surface area (Å²) >= 11 is 6.11. The van der Waals surface area contributed by atoms with E-state index >= 15 is 0 Å². The van der Waals surface area contributed by atoms with E-state index in [2.05, 4.69) is 25.7 Å². The van der Waals surface area contributed by atoms with Crippen molar-refractivity contribution in [3.63, 3.8) is 0 Å². The van der Waals surface area contributed by atoms with Crippen LogP contribution in [0.3, 0.4) is 0 Å². The van der Waals surface area contributed by atoms with E-state index < -0.39 is 0 Å². The Morgan fingerprint density at radius 2 is 2.10 bits per heavy atom. The molecule has 1 N–H and O–H groups in total. The smallest absolute Gasteiger partial charge is 0.258 e. The monoisotopic (exact) mass is 408 g/mol. The zero-order chi connectivity index (χ0) is 19.8. The highest BCUT2D eigenvalue weighted by molar-refractivity contribution is 6.31. The van der Waals surface area contributed by atoms with Crippen LogP contribution in [0.2, 0.25) is 5.02 Å². The highest BCUT2D eigenvalue weighted by atomic mass is 35.5. The lowest BCUT2D eigenvalue weighted by Gasteiger charge is -2.06. The lowest BCUT2D eigenvalue weighted by atomic mass is 10.1. The second-order valence-corrected chi connectivity index (χ2v) is 7.44. The molecule has 0 unspecified atom stereocenters. The van der Waals surface area contributed by atoms with Gasteiger partial charge in [0.25, 0.3) is 5.89 Å². The van der Waals surface area contributed by atoms with Crippen molar-refractivity contribution in [1.82, 2.24) is 30.1 Å². The summed E-state index contributed by atoms with van der Waals surface area (Å²) in [7, 11) is 0. The standard InChI is InChI=1S/C20H17ClN6O2/c21-15-4-2-1-3-13(15)10-18(28)22-11-17-25-24-16-9-14(7-8-27(16)17)20-23-19(26-29-20)12-5-6-12/h1-4,7-9,12H,5-6,10-11H2,(H,22,28). The number of carbonyl (C=O) groups excluding carboxylic acids is 1. The Kier molecular flexibility index (Phi) is 4.48. The molecule has 29 heavy (non-hydrogen) atoms. The number of fused-ring (bicyclic) bond motifs is 1. The molecule has 3 aromatic heterocycles. The summed E-state index contributed by atoms with van der Waals surface area (Å²) in [6.07, 6.45) is 4.28. The second kappa shape index (κ2) is 7.29. The number of benzene rings is 1. The summed E-state index contributed by atoms with van der Waals surface area (Å²) in [6.45, 7) is 0.260. The van der Waals surface area contributed by atoms with Gasteiger partial charge in [0.15, 0.2) is 17.3 Å². The molecule has 0 saturated heterocycles. The molecule has 1 saturated carbocycles. The van der Waals surface area contributed by atoms with Gasteiger partial charge >= 0.3 is 0 Å². The van der Waals surface area contributed by atoms with Crippen molar-refractivity contribution in [1.29, 1.82) is 0 Å². The van der Waals surface area contributed by atoms with E-state index in [4.69, 9.17) is 16.1 Å². The molecule has 146 valence electrons. The second-order valence-electron chi connectivity index (χ2n) is 7.04. The first kappa shape index (κ1) is 17.8. The first-order valence-corrected chi connectivity index (χ1v) is 9.73. The van der Waals surface area contributed by atoms with Gasteiger partial charge in [-0.25, -0.2) is 0 Å². The van der Waals surface area contributed by atoms with Gasteiger partial charge in [0, 0.05) is 22.7 Å². The van der Waals surface area contributed by atoms with Gasteiger partial charge in [-0.15, -0.1) is 10.2 Å². The fraction of sp³-hybridized carbons (Fsp3) is 0.250. The molecule has 0 atom stereocenters. The molecule has 0 radical (unpaired) electrons. The molecule has 1 fully saturated rings. The number of pyridine rings is 1. The summed E-state index contributed by atoms with van der Waals surface area (Å²) in [5.74, 6) is 2.17. The molecule has 1 aliphatic rings. The van der Waals surface area contributed by atoms with Crippen molar-refractivity contribution in [3.05, 3.63) is 64.8 Å². The Hall–Kier alpha value is -3.26. The number of amides is 1. The number of halogens is 1. The fourth-order valence-electron chi connectivity index (χ4n) is 3.11. The molecule has 1 aromatic carbocycles. The third-order valence-corrected chi connectivity index (χ3v) is 5.23. The Morgan fingerprint density at radius 1 is 1.24 bits per heavy atom. The number of rotatable bonds is 6. The minimum Gasteiger partial charge on any atom is -0.348 e. The average Bonchev–Trinajstić information content (AvgIpc) is 3.32. The molecule has 8 nitrogen and oxygen atoms in total. The molecule has 4 aromatic rings. The van der Waals surface area contributed by atoms with Crippen LogP contribution in [0, 0.1) is 0 Å². The summed E-state index contributed by atoms with van der Waals surface area (Å²) in [5, 5.41) is 15.8. The predicted molar refractivity (Wildman–Crippen MR) is 105 cm³/mol. The van der Waals surface area contributed by atoms with E-state index in [0.717, 1.165) is 29.8 Å². The van der Waals surface area contributed by atoms with Crippen LogP contribution in [-0.2, 0) is 17.8 Å². The van der Waals surface area contributed by atoms with Gasteiger partial charge in [-0.05, 0) is 36.6 Å². The number of hydrogen-bond acceptors (Lipinski definition) is 6. The van der Waals surface area contributed by atoms with Crippen molar-refractivity contribution in [3.8, 4) is 11.5 Å². The summed E-state index contributed by atoms with van der Waals surface area (Å²) < 4.78 is 7.18. The van der Waals surface area contributed by atoms with Crippen LogP contribution in [0.15, 0.2) is 47.1 Å². The molecular weight excluding hydrogens is 392 g/mol. The van der Waals surface area contributed by atoms with E-state index in [0.29, 0.717) is 28.3 Å². The van der Waals surface area contributed by atoms with Gasteiger partial charge in [-0.3, -0.25) is 9.20 Å². The summed E-state index contributed by atoms with van der Waals surface area (Å²) in [6, 6.07) is 11.0. The predicted octanol–water partition coefficient (Wildman–Crippen LogP) is 3.17. The highest BCUT2D eigenvalue weighted by Crippen LogP contribution is 2.38. The topological polar surface area (TPSA) is 98.2 Å². The molecule has 3 heterocycles. The number of nitrogens with zero attached hydrogens (tertiary/aromatic N) is 5. The molecule has 9 heteroatoms. The number of aromatic nitrogens is 5. The maximum absolute atomic E-state index is 12.2. The fourth-order valence-corrected chi connectivity index (χ4v) is 3.31. The number of carbonyl (C=O) groups is 1. The largest absolute Gasteiger partial charge is 0.348 e. The van der Waals surface area contributed by atoms with Crippen molar-refractivity contribution in [2.75, 3.05) is 0 Å². The zero-order valence-electron chi connectivity index (χ0n) is 15.4. The Bertz CT molecular complexity index is 1200. The van der Waals surface area contributed by atoms with Gasteiger partial charge in [0.05, 0.1) is 13.0 Å². The normalized spacial score (nSPS) is 13.7. The molecule has 1 amide bonds. The van der Waals surface area contributed by atoms with Crippen molar-refractivity contribution in [2.45, 2.75) is 31.7 Å². The van der Waals surface area contributed by atoms with E-state index in [1.807, 2.05) is 40.9 Å². The molecular formula is C20H17ClN6O2. The number of hydrogen-bond donors (Lipinski definition) is 1. The first-order valence-electron chi connectivity index (χ1n) is 9.35. The van der Waals surface area contributed by atoms with Crippen LogP contribution in [0.1, 0.15) is 36.0 Å². The van der Waals surface area contributed by atoms with E-state index in [-0.39, 0.29) is 18.9 Å². The van der Waals surface area contributed by atoms with Crippen molar-refractivity contribution in [2.24, 2.45) is 0 Å². The molecule has 0 bridgehead atoms. The summed E-state index contributed by atoms with van der Waals surface area (Å²) in [4.78, 5) is 16.7. The quantitative estimate of drug-likeness (QED) is 0.526. The third kappa shape index (κ3) is 3.71. The van der Waals surface area contributed by atoms with Crippen LogP contribution in [0.5, 0.6) is 0 Å². The maximum Gasteiger partial charge on any atom is 0.258 e. The average molecular weight is 409 g/mol. The lowest BCUT2D eigenvalue weighted by molar-refractivity contribution is -0.120.